The van der Waals surface area contributed by atoms with Gasteiger partial charge in [0.2, 0.25) is 0 Å². The maximum absolute atomic E-state index is 5.76. The minimum atomic E-state index is 0.739. The number of nitrogen functional groups attached to an aromatic ring is 1. The Bertz CT molecular complexity index is 239. The third-order valence-corrected chi connectivity index (χ3v) is 3.05. The highest BCUT2D eigenvalue weighted by Gasteiger charge is 2.00. The average Bonchev–Trinajstić information content (AvgIpc) is 1.82. The Morgan fingerprint density at radius 1 is 1.20 bits per heavy atom. The third-order valence-electron chi connectivity index (χ3n) is 1.04. The van der Waals surface area contributed by atoms with Crippen molar-refractivity contribution < 1.29 is 0 Å². The van der Waals surface area contributed by atoms with Crippen molar-refractivity contribution in [2.24, 2.45) is 0 Å². The lowest BCUT2D eigenvalue weighted by Crippen LogP contribution is -1.92. The van der Waals surface area contributed by atoms with Gasteiger partial charge in [0.15, 0.2) is 0 Å². The van der Waals surface area contributed by atoms with Crippen LogP contribution in [-0.4, -0.2) is 0 Å². The van der Waals surface area contributed by atoms with Gasteiger partial charge in [-0.3, -0.25) is 0 Å². The van der Waals surface area contributed by atoms with Crippen LogP contribution in [0.15, 0.2) is 12.1 Å². The van der Waals surface area contributed by atoms with E-state index >= 15 is 0 Å². The molecule has 1 rings (SSSR count). The zero-order chi connectivity index (χ0) is 7.72. The molecule has 54 valence electrons. The second-order valence-electron chi connectivity index (χ2n) is 1.78. The monoisotopic (exact) mass is 379 g/mol. The highest BCUT2D eigenvalue weighted by Crippen LogP contribution is 2.25. The van der Waals surface area contributed by atoms with Crippen molar-refractivity contribution in [2.45, 2.75) is 0 Å². The van der Waals surface area contributed by atoms with Crippen LogP contribution in [0.25, 0.3) is 0 Å². The zero-order valence-corrected chi connectivity index (χ0v) is 9.94. The molecule has 0 fully saturated rings. The van der Waals surface area contributed by atoms with Crippen LogP contribution in [0.3, 0.4) is 0 Å². The molecule has 4 heteroatoms. The van der Waals surface area contributed by atoms with Crippen LogP contribution < -0.4 is 5.73 Å². The molecule has 0 aromatic heterocycles. The minimum Gasteiger partial charge on any atom is -0.397 e. The molecule has 1 aromatic rings. The first-order valence-electron chi connectivity index (χ1n) is 2.51. The molecule has 0 amide bonds. The Morgan fingerprint density at radius 3 is 2.00 bits per heavy atom. The molecule has 0 radical (unpaired) electrons. The van der Waals surface area contributed by atoms with Crippen LogP contribution >= 0.6 is 56.8 Å². The number of rotatable bonds is 0. The minimum absolute atomic E-state index is 0.739. The van der Waals surface area contributed by atoms with E-state index in [1.54, 1.807) is 0 Å². The first kappa shape index (κ1) is 8.86. The summed E-state index contributed by atoms with van der Waals surface area (Å²) in [5.74, 6) is 0. The van der Waals surface area contributed by atoms with Crippen molar-refractivity contribution >= 4 is 62.5 Å². The molecule has 1 aromatic carbocycles. The van der Waals surface area contributed by atoms with Crippen molar-refractivity contribution in [3.05, 3.63) is 24.3 Å². The summed E-state index contributed by atoms with van der Waals surface area (Å²) in [5, 5.41) is 0.739. The SMILES string of the molecule is Nc1c(I)cc(Cl)cc1I. The predicted octanol–water partition coefficient (Wildman–Crippen LogP) is 3.13. The van der Waals surface area contributed by atoms with E-state index in [4.69, 9.17) is 17.3 Å². The van der Waals surface area contributed by atoms with Gasteiger partial charge in [0.1, 0.15) is 0 Å². The Kier molecular flexibility index (Phi) is 3.05. The summed E-state index contributed by atoms with van der Waals surface area (Å²) in [4.78, 5) is 0. The molecule has 0 saturated carbocycles. The van der Waals surface area contributed by atoms with E-state index in [-0.39, 0.29) is 0 Å². The maximum atomic E-state index is 5.76. The molecular weight excluding hydrogens is 375 g/mol. The van der Waals surface area contributed by atoms with Crippen LogP contribution in [0.4, 0.5) is 5.69 Å². The Morgan fingerprint density at radius 2 is 1.60 bits per heavy atom. The van der Waals surface area contributed by atoms with Crippen molar-refractivity contribution in [3.8, 4) is 0 Å². The molecule has 0 saturated heterocycles. The number of hydrogen-bond donors (Lipinski definition) is 1. The lowest BCUT2D eigenvalue weighted by atomic mass is 10.3. The Labute approximate surface area is 91.6 Å². The number of hydrogen-bond acceptors (Lipinski definition) is 1. The molecular formula is C6H4ClI2N. The quantitative estimate of drug-likeness (QED) is 0.544. The number of halogens is 3. The largest absolute Gasteiger partial charge is 0.397 e. The van der Waals surface area contributed by atoms with Gasteiger partial charge in [0, 0.05) is 12.2 Å². The summed E-state index contributed by atoms with van der Waals surface area (Å²) in [6, 6.07) is 3.69. The summed E-state index contributed by atoms with van der Waals surface area (Å²) >= 11 is 10.1. The van der Waals surface area contributed by atoms with Crippen LogP contribution in [0.2, 0.25) is 5.02 Å². The predicted molar refractivity (Wildman–Crippen MR) is 61.3 cm³/mol. The van der Waals surface area contributed by atoms with Gasteiger partial charge in [-0.2, -0.15) is 0 Å². The molecule has 10 heavy (non-hydrogen) atoms. The van der Waals surface area contributed by atoms with Crippen molar-refractivity contribution in [1.29, 1.82) is 0 Å². The summed E-state index contributed by atoms with van der Waals surface area (Å²) in [6.07, 6.45) is 0. The van der Waals surface area contributed by atoms with Gasteiger partial charge in [0.25, 0.3) is 0 Å². The molecule has 0 aliphatic carbocycles. The molecule has 0 heterocycles. The molecule has 0 aliphatic rings. The fraction of sp³-hybridized carbons (Fsp3) is 0. The summed E-state index contributed by atoms with van der Waals surface area (Å²) in [7, 11) is 0. The van der Waals surface area contributed by atoms with E-state index in [9.17, 15) is 0 Å². The smallest absolute Gasteiger partial charge is 0.0586 e. The maximum Gasteiger partial charge on any atom is 0.0586 e. The van der Waals surface area contributed by atoms with E-state index in [1.165, 1.54) is 0 Å². The molecule has 0 aliphatic heterocycles. The number of anilines is 1. The standard InChI is InChI=1S/C6H4ClI2N/c7-3-1-4(8)6(10)5(9)2-3/h1-2H,10H2. The van der Waals surface area contributed by atoms with E-state index in [2.05, 4.69) is 45.2 Å². The average molecular weight is 379 g/mol. The summed E-state index contributed by atoms with van der Waals surface area (Å²) in [6.45, 7) is 0. The van der Waals surface area contributed by atoms with Gasteiger partial charge in [-0.25, -0.2) is 0 Å². The Hall–Kier alpha value is 0.770. The van der Waals surface area contributed by atoms with Gasteiger partial charge in [0.05, 0.1) is 5.69 Å². The van der Waals surface area contributed by atoms with Crippen molar-refractivity contribution in [2.75, 3.05) is 5.73 Å². The lowest BCUT2D eigenvalue weighted by Gasteiger charge is -2.00. The molecule has 0 spiro atoms. The molecule has 2 N–H and O–H groups in total. The van der Waals surface area contributed by atoms with Gasteiger partial charge >= 0.3 is 0 Å². The van der Waals surface area contributed by atoms with E-state index < -0.39 is 0 Å². The highest BCUT2D eigenvalue weighted by molar-refractivity contribution is 14.1. The van der Waals surface area contributed by atoms with E-state index in [0.717, 1.165) is 17.9 Å². The fourth-order valence-electron chi connectivity index (χ4n) is 0.553. The first-order chi connectivity index (χ1) is 4.61. The van der Waals surface area contributed by atoms with Crippen molar-refractivity contribution in [1.82, 2.24) is 0 Å². The number of nitrogens with two attached hydrogens (primary N) is 1. The van der Waals surface area contributed by atoms with Gasteiger partial charge in [-0.05, 0) is 57.3 Å². The molecule has 0 unspecified atom stereocenters. The van der Waals surface area contributed by atoms with E-state index in [0.29, 0.717) is 0 Å². The van der Waals surface area contributed by atoms with Gasteiger partial charge < -0.3 is 5.73 Å². The molecule has 0 atom stereocenters. The summed E-state index contributed by atoms with van der Waals surface area (Å²) in [5.41, 5.74) is 6.49. The second-order valence-corrected chi connectivity index (χ2v) is 4.54. The van der Waals surface area contributed by atoms with Crippen LogP contribution in [0.5, 0.6) is 0 Å². The van der Waals surface area contributed by atoms with E-state index in [1.807, 2.05) is 12.1 Å². The highest BCUT2D eigenvalue weighted by atomic mass is 127. The van der Waals surface area contributed by atoms with Crippen molar-refractivity contribution in [3.63, 3.8) is 0 Å². The molecule has 1 nitrogen and oxygen atoms in total. The van der Waals surface area contributed by atoms with Gasteiger partial charge in [-0.1, -0.05) is 11.6 Å². The molecule has 0 bridgehead atoms. The third kappa shape index (κ3) is 1.88. The Balaban J connectivity index is 3.31. The lowest BCUT2D eigenvalue weighted by molar-refractivity contribution is 1.58. The normalized spacial score (nSPS) is 9.90. The van der Waals surface area contributed by atoms with Gasteiger partial charge in [-0.15, -0.1) is 0 Å². The van der Waals surface area contributed by atoms with Crippen LogP contribution in [0.1, 0.15) is 0 Å². The zero-order valence-electron chi connectivity index (χ0n) is 4.87. The van der Waals surface area contributed by atoms with Crippen LogP contribution in [0, 0.1) is 7.14 Å². The van der Waals surface area contributed by atoms with Crippen LogP contribution in [-0.2, 0) is 0 Å². The fourth-order valence-corrected chi connectivity index (χ4v) is 2.91. The first-order valence-corrected chi connectivity index (χ1v) is 5.05. The topological polar surface area (TPSA) is 26.0 Å². The second kappa shape index (κ2) is 3.44. The number of benzene rings is 1. The summed E-state index contributed by atoms with van der Waals surface area (Å²) < 4.78 is 2.02.